The summed E-state index contributed by atoms with van der Waals surface area (Å²) in [5, 5.41) is 18.1. The van der Waals surface area contributed by atoms with E-state index in [1.165, 1.54) is 21.7 Å². The molecule has 0 bridgehead atoms. The molecule has 0 unspecified atom stereocenters. The SMILES string of the molecule is CCc1cc(-c2cn3cc(C4CCB(C#N)CC4)nc3s2)cc2nn(C)nc12. The lowest BCUT2D eigenvalue weighted by Gasteiger charge is -2.21. The van der Waals surface area contributed by atoms with Gasteiger partial charge in [-0.25, -0.2) is 10.2 Å². The largest absolute Gasteiger partial charge is 0.297 e. The van der Waals surface area contributed by atoms with Crippen LogP contribution in [0.2, 0.25) is 12.6 Å². The van der Waals surface area contributed by atoms with Gasteiger partial charge in [0.05, 0.1) is 10.6 Å². The average molecular weight is 388 g/mol. The van der Waals surface area contributed by atoms with Crippen LogP contribution in [0.3, 0.4) is 0 Å². The van der Waals surface area contributed by atoms with E-state index in [-0.39, 0.29) is 6.71 Å². The second-order valence-electron chi connectivity index (χ2n) is 7.67. The van der Waals surface area contributed by atoms with Gasteiger partial charge in [0, 0.05) is 31.3 Å². The maximum absolute atomic E-state index is 9.09. The van der Waals surface area contributed by atoms with Crippen molar-refractivity contribution in [1.29, 1.82) is 5.26 Å². The van der Waals surface area contributed by atoms with E-state index in [1.54, 1.807) is 16.1 Å². The number of nitriles is 1. The van der Waals surface area contributed by atoms with Crippen LogP contribution in [0.1, 0.15) is 36.9 Å². The Morgan fingerprint density at radius 3 is 2.79 bits per heavy atom. The zero-order valence-corrected chi connectivity index (χ0v) is 16.9. The van der Waals surface area contributed by atoms with Crippen molar-refractivity contribution in [2.45, 2.75) is 44.7 Å². The summed E-state index contributed by atoms with van der Waals surface area (Å²) in [6.45, 7) is 2.39. The molecule has 3 aromatic heterocycles. The van der Waals surface area contributed by atoms with Crippen LogP contribution in [0.4, 0.5) is 0 Å². The van der Waals surface area contributed by atoms with Crippen LogP contribution >= 0.6 is 11.3 Å². The number of thiazole rings is 1. The minimum Gasteiger partial charge on any atom is -0.297 e. The molecule has 1 aliphatic rings. The first-order valence-electron chi connectivity index (χ1n) is 9.87. The molecule has 0 N–H and O–H groups in total. The van der Waals surface area contributed by atoms with Gasteiger partial charge in [-0.3, -0.25) is 4.40 Å². The van der Waals surface area contributed by atoms with E-state index >= 15 is 0 Å². The number of aryl methyl sites for hydroxylation is 2. The molecule has 140 valence electrons. The van der Waals surface area contributed by atoms with Crippen LogP contribution in [-0.2, 0) is 13.5 Å². The highest BCUT2D eigenvalue weighted by atomic mass is 32.1. The maximum atomic E-state index is 9.09. The van der Waals surface area contributed by atoms with E-state index in [0.29, 0.717) is 5.92 Å². The van der Waals surface area contributed by atoms with Crippen LogP contribution in [0.15, 0.2) is 24.5 Å². The van der Waals surface area contributed by atoms with Gasteiger partial charge < -0.3 is 0 Å². The van der Waals surface area contributed by atoms with E-state index in [9.17, 15) is 0 Å². The molecule has 0 atom stereocenters. The Morgan fingerprint density at radius 1 is 1.25 bits per heavy atom. The number of benzene rings is 1. The van der Waals surface area contributed by atoms with Crippen LogP contribution in [0.5, 0.6) is 0 Å². The van der Waals surface area contributed by atoms with Crippen molar-refractivity contribution in [3.05, 3.63) is 35.8 Å². The van der Waals surface area contributed by atoms with Crippen LogP contribution in [0, 0.1) is 11.2 Å². The third kappa shape index (κ3) is 2.90. The molecule has 0 radical (unpaired) electrons. The van der Waals surface area contributed by atoms with Gasteiger partial charge in [-0.05, 0) is 29.7 Å². The molecular weight excluding hydrogens is 367 g/mol. The van der Waals surface area contributed by atoms with Crippen LogP contribution in [-0.4, -0.2) is 31.1 Å². The molecule has 1 fully saturated rings. The van der Waals surface area contributed by atoms with Crippen molar-refractivity contribution in [3.8, 4) is 16.4 Å². The summed E-state index contributed by atoms with van der Waals surface area (Å²) in [4.78, 5) is 8.78. The predicted molar refractivity (Wildman–Crippen MR) is 113 cm³/mol. The number of rotatable bonds is 3. The Morgan fingerprint density at radius 2 is 2.07 bits per heavy atom. The van der Waals surface area contributed by atoms with Gasteiger partial charge in [0.25, 0.3) is 6.71 Å². The fourth-order valence-electron chi connectivity index (χ4n) is 4.27. The van der Waals surface area contributed by atoms with E-state index < -0.39 is 0 Å². The van der Waals surface area contributed by atoms with Gasteiger partial charge in [-0.2, -0.15) is 15.0 Å². The summed E-state index contributed by atoms with van der Waals surface area (Å²) in [5.41, 5.74) is 5.51. The van der Waals surface area contributed by atoms with E-state index in [2.05, 4.69) is 52.0 Å². The Labute approximate surface area is 167 Å². The molecule has 1 aromatic carbocycles. The van der Waals surface area contributed by atoms with Crippen molar-refractivity contribution in [3.63, 3.8) is 0 Å². The van der Waals surface area contributed by atoms with Crippen molar-refractivity contribution in [2.24, 2.45) is 7.05 Å². The van der Waals surface area contributed by atoms with Crippen molar-refractivity contribution in [1.82, 2.24) is 24.4 Å². The zero-order valence-electron chi connectivity index (χ0n) is 16.1. The number of aromatic nitrogens is 5. The second kappa shape index (κ2) is 6.75. The average Bonchev–Trinajstić information content (AvgIpc) is 3.39. The van der Waals surface area contributed by atoms with E-state index in [0.717, 1.165) is 47.9 Å². The van der Waals surface area contributed by atoms with E-state index in [4.69, 9.17) is 10.2 Å². The summed E-state index contributed by atoms with van der Waals surface area (Å²) < 4.78 is 2.15. The molecule has 0 spiro atoms. The fourth-order valence-corrected chi connectivity index (χ4v) is 5.23. The second-order valence-corrected chi connectivity index (χ2v) is 8.68. The van der Waals surface area contributed by atoms with Gasteiger partial charge in [-0.1, -0.05) is 43.7 Å². The van der Waals surface area contributed by atoms with Gasteiger partial charge in [0.2, 0.25) is 0 Å². The number of imidazole rings is 1. The number of nitrogens with zero attached hydrogens (tertiary/aromatic N) is 6. The monoisotopic (exact) mass is 388 g/mol. The highest BCUT2D eigenvalue weighted by Crippen LogP contribution is 2.36. The summed E-state index contributed by atoms with van der Waals surface area (Å²) >= 11 is 1.72. The highest BCUT2D eigenvalue weighted by molar-refractivity contribution is 7.20. The summed E-state index contributed by atoms with van der Waals surface area (Å²) in [6, 6.07) is 4.35. The molecule has 4 heterocycles. The fraction of sp³-hybridized carbons (Fsp3) is 0.400. The third-order valence-electron chi connectivity index (χ3n) is 5.83. The van der Waals surface area contributed by atoms with Crippen LogP contribution < -0.4 is 0 Å². The molecule has 6 nitrogen and oxygen atoms in total. The summed E-state index contributed by atoms with van der Waals surface area (Å²) in [6.07, 6.45) is 9.41. The van der Waals surface area contributed by atoms with Gasteiger partial charge in [-0.15, -0.1) is 0 Å². The molecule has 1 aliphatic heterocycles. The highest BCUT2D eigenvalue weighted by Gasteiger charge is 2.27. The minimum absolute atomic E-state index is 0.232. The van der Waals surface area contributed by atoms with Gasteiger partial charge in [0.15, 0.2) is 4.96 Å². The lowest BCUT2D eigenvalue weighted by atomic mass is 9.41. The molecular formula is C20H21BN6S. The lowest BCUT2D eigenvalue weighted by molar-refractivity contribution is 0.598. The molecule has 1 saturated heterocycles. The standard InChI is InChI=1S/C20H21BN6S/c1-3-13-8-15(9-16-19(13)25-26(2)24-16)18-11-27-10-17(23-20(27)28-18)14-4-6-21(12-22)7-5-14/h8-11,14H,3-7H2,1-2H3. The minimum atomic E-state index is 0.232. The maximum Gasteiger partial charge on any atom is 0.267 e. The number of hydrogen-bond donors (Lipinski definition) is 0. The van der Waals surface area contributed by atoms with Crippen molar-refractivity contribution < 1.29 is 0 Å². The third-order valence-corrected chi connectivity index (χ3v) is 6.88. The summed E-state index contributed by atoms with van der Waals surface area (Å²) in [7, 11) is 1.87. The van der Waals surface area contributed by atoms with E-state index in [1.807, 2.05) is 7.05 Å². The topological polar surface area (TPSA) is 71.8 Å². The Hall–Kier alpha value is -2.66. The van der Waals surface area contributed by atoms with Crippen molar-refractivity contribution in [2.75, 3.05) is 0 Å². The normalized spacial score (nSPS) is 15.5. The quantitative estimate of drug-likeness (QED) is 0.490. The Kier molecular flexibility index (Phi) is 4.20. The predicted octanol–water partition coefficient (Wildman–Crippen LogP) is 4.34. The lowest BCUT2D eigenvalue weighted by Crippen LogP contribution is -2.18. The van der Waals surface area contributed by atoms with Crippen molar-refractivity contribution >= 4 is 34.0 Å². The smallest absolute Gasteiger partial charge is 0.267 e. The van der Waals surface area contributed by atoms with Gasteiger partial charge in [0.1, 0.15) is 11.0 Å². The molecule has 8 heteroatoms. The molecule has 0 amide bonds. The Bertz CT molecular complexity index is 1170. The molecule has 4 aromatic rings. The molecule has 0 aliphatic carbocycles. The van der Waals surface area contributed by atoms with Crippen LogP contribution in [0.25, 0.3) is 26.4 Å². The summed E-state index contributed by atoms with van der Waals surface area (Å²) in [5.74, 6) is 2.90. The molecule has 0 saturated carbocycles. The number of fused-ring (bicyclic) bond motifs is 2. The first kappa shape index (κ1) is 17.4. The first-order chi connectivity index (χ1) is 13.6. The molecule has 5 rings (SSSR count). The number of hydrogen-bond acceptors (Lipinski definition) is 5. The van der Waals surface area contributed by atoms with Gasteiger partial charge >= 0.3 is 0 Å². The zero-order chi connectivity index (χ0) is 19.3. The molecule has 28 heavy (non-hydrogen) atoms. The Balaban J connectivity index is 1.47. The first-order valence-corrected chi connectivity index (χ1v) is 10.7.